The van der Waals surface area contributed by atoms with Crippen molar-refractivity contribution in [3.8, 4) is 0 Å². The minimum atomic E-state index is -4.64. The van der Waals surface area contributed by atoms with Crippen LogP contribution in [0.25, 0.3) is 0 Å². The van der Waals surface area contributed by atoms with Crippen molar-refractivity contribution in [2.45, 2.75) is 194 Å². The summed E-state index contributed by atoms with van der Waals surface area (Å²) in [6.45, 7) is 4.31. The molecule has 0 fully saturated rings. The summed E-state index contributed by atoms with van der Waals surface area (Å²) in [4.78, 5) is 0. The predicted molar refractivity (Wildman–Crippen MR) is 181 cm³/mol. The van der Waals surface area contributed by atoms with Gasteiger partial charge >= 0.3 is 20.8 Å². The lowest BCUT2D eigenvalue weighted by Gasteiger charge is -2.07. The summed E-state index contributed by atoms with van der Waals surface area (Å²) in [7, 11) is -9.28. The van der Waals surface area contributed by atoms with Gasteiger partial charge in [0.05, 0.1) is 13.2 Å². The average molecular weight is 655 g/mol. The third-order valence-corrected chi connectivity index (χ3v) is 9.86. The zero-order valence-electron chi connectivity index (χ0n) is 27.6. The first kappa shape index (κ1) is 44.7. The van der Waals surface area contributed by atoms with Crippen LogP contribution in [0.5, 0.6) is 0 Å². The molecule has 0 aliphatic carbocycles. The fraction of sp³-hybridized carbons (Fsp3) is 1.00. The molecule has 0 heterocycles. The molecule has 0 saturated carbocycles. The zero-order valence-corrected chi connectivity index (χ0v) is 30.6. The lowest BCUT2D eigenvalue weighted by molar-refractivity contribution is 0.232. The second-order valence-electron chi connectivity index (χ2n) is 11.7. The highest BCUT2D eigenvalue weighted by Gasteiger charge is 2.24. The molecule has 0 spiro atoms. The van der Waals surface area contributed by atoms with Crippen LogP contribution < -0.4 is 0 Å². The van der Waals surface area contributed by atoms with Crippen molar-refractivity contribution >= 4 is 43.9 Å². The number of hydrogen-bond donors (Lipinski definition) is 0. The van der Waals surface area contributed by atoms with Gasteiger partial charge < -0.3 is 0 Å². The fourth-order valence-corrected chi connectivity index (χ4v) is 6.83. The largest absolute Gasteiger partial charge is 0.416 e. The Morgan fingerprint density at radius 3 is 0.762 bits per heavy atom. The van der Waals surface area contributed by atoms with E-state index >= 15 is 0 Å². The fourth-order valence-electron chi connectivity index (χ4n) is 5.06. The molecule has 42 heavy (non-hydrogen) atoms. The van der Waals surface area contributed by atoms with Crippen molar-refractivity contribution in [3.63, 3.8) is 0 Å². The summed E-state index contributed by atoms with van der Waals surface area (Å²) < 4.78 is 60.9. The molecule has 0 saturated heterocycles. The topological polar surface area (TPSA) is 96.0 Å². The van der Waals surface area contributed by atoms with Gasteiger partial charge in [0.25, 0.3) is 0 Å². The van der Waals surface area contributed by atoms with Crippen molar-refractivity contribution in [1.82, 2.24) is 0 Å². The van der Waals surface area contributed by atoms with E-state index in [0.717, 1.165) is 38.5 Å². The van der Waals surface area contributed by atoms with E-state index in [1.54, 1.807) is 0 Å². The summed E-state index contributed by atoms with van der Waals surface area (Å²) in [6.07, 6.45) is 33.4. The maximum absolute atomic E-state index is 11.8. The molecular formula is C32H70MgO7S2. The molecule has 254 valence electrons. The lowest BCUT2D eigenvalue weighted by atomic mass is 10.0. The van der Waals surface area contributed by atoms with Crippen LogP contribution in [0.1, 0.15) is 196 Å². The van der Waals surface area contributed by atoms with Gasteiger partial charge in [-0.05, 0) is 12.8 Å². The van der Waals surface area contributed by atoms with Crippen LogP contribution in [0.4, 0.5) is 0 Å². The number of hydrogen-bond acceptors (Lipinski definition) is 7. The quantitative estimate of drug-likeness (QED) is 0.0503. The first-order chi connectivity index (χ1) is 19.8. The van der Waals surface area contributed by atoms with E-state index in [1.807, 2.05) is 0 Å². The van der Waals surface area contributed by atoms with Crippen LogP contribution in [0.3, 0.4) is 0 Å². The summed E-state index contributed by atoms with van der Waals surface area (Å²) in [5, 5.41) is 0. The summed E-state index contributed by atoms with van der Waals surface area (Å²) in [5.74, 6) is 0. The van der Waals surface area contributed by atoms with E-state index in [-0.39, 0.29) is 39.1 Å². The Morgan fingerprint density at radius 2 is 0.548 bits per heavy atom. The van der Waals surface area contributed by atoms with Crippen LogP contribution in [-0.2, 0) is 32.8 Å². The smallest absolute Gasteiger partial charge is 0.247 e. The van der Waals surface area contributed by atoms with Crippen molar-refractivity contribution in [2.75, 3.05) is 13.2 Å². The maximum atomic E-state index is 11.8. The van der Waals surface area contributed by atoms with E-state index in [9.17, 15) is 16.8 Å². The van der Waals surface area contributed by atoms with Crippen molar-refractivity contribution in [3.05, 3.63) is 0 Å². The van der Waals surface area contributed by atoms with E-state index in [0.29, 0.717) is 12.8 Å². The molecule has 0 amide bonds. The van der Waals surface area contributed by atoms with Crippen molar-refractivity contribution in [2.24, 2.45) is 0 Å². The minimum absolute atomic E-state index is 0. The molecule has 0 rings (SSSR count). The molecule has 0 aromatic rings. The molecular weight excluding hydrogens is 585 g/mol. The van der Waals surface area contributed by atoms with Gasteiger partial charge in [-0.2, -0.15) is 16.8 Å². The molecule has 0 aliphatic rings. The van der Waals surface area contributed by atoms with Crippen LogP contribution >= 0.6 is 0 Å². The van der Waals surface area contributed by atoms with Crippen LogP contribution in [0.15, 0.2) is 0 Å². The summed E-state index contributed by atoms with van der Waals surface area (Å²) in [5.41, 5.74) is 0. The Hall–Kier alpha value is 0.546. The average Bonchev–Trinajstić information content (AvgIpc) is 2.92. The van der Waals surface area contributed by atoms with Crippen molar-refractivity contribution < 1.29 is 31.7 Å². The number of unbranched alkanes of at least 4 members (excludes halogenated alkanes) is 26. The highest BCUT2D eigenvalue weighted by atomic mass is 32.3. The number of rotatable bonds is 34. The molecule has 0 aliphatic heterocycles. The van der Waals surface area contributed by atoms with Crippen LogP contribution in [-0.4, -0.2) is 53.1 Å². The van der Waals surface area contributed by atoms with E-state index in [4.69, 9.17) is 8.37 Å². The van der Waals surface area contributed by atoms with E-state index in [2.05, 4.69) is 17.5 Å². The van der Waals surface area contributed by atoms with Gasteiger partial charge in [0.2, 0.25) is 0 Å². The predicted octanol–water partition coefficient (Wildman–Crippen LogP) is 10.6. The summed E-state index contributed by atoms with van der Waals surface area (Å²) in [6, 6.07) is 0. The summed E-state index contributed by atoms with van der Waals surface area (Å²) >= 11 is 0. The van der Waals surface area contributed by atoms with Gasteiger partial charge in [0.15, 0.2) is 0 Å². The molecule has 2 radical (unpaired) electrons. The third kappa shape index (κ3) is 35.0. The molecule has 0 aromatic heterocycles. The molecule has 0 N–H and O–H groups in total. The van der Waals surface area contributed by atoms with Crippen LogP contribution in [0.2, 0.25) is 0 Å². The first-order valence-electron chi connectivity index (χ1n) is 17.3. The Kier molecular flexibility index (Phi) is 35.0. The lowest BCUT2D eigenvalue weighted by Crippen LogP contribution is -2.19. The molecule has 10 heteroatoms. The highest BCUT2D eigenvalue weighted by Crippen LogP contribution is 2.15. The van der Waals surface area contributed by atoms with Gasteiger partial charge in [-0.25, -0.2) is 8.37 Å². The van der Waals surface area contributed by atoms with Gasteiger partial charge in [-0.3, -0.25) is 0 Å². The van der Waals surface area contributed by atoms with E-state index in [1.165, 1.54) is 128 Å². The molecule has 0 unspecified atom stereocenters. The van der Waals surface area contributed by atoms with Crippen molar-refractivity contribution in [1.29, 1.82) is 0 Å². The standard InChI is InChI=1S/C32H66O7S2.Mg.2H2/c1-3-5-7-9-11-13-15-17-19-21-23-25-27-29-31-37-40(33,34)39-41(35,36)38-32-30-28-26-24-22-20-18-16-14-12-10-8-6-4-2;;;/h3-32H2,1-2H3;;2*1H. The second-order valence-corrected chi connectivity index (χ2v) is 14.4. The monoisotopic (exact) mass is 654 g/mol. The molecule has 7 nitrogen and oxygen atoms in total. The Bertz CT molecular complexity index is 696. The molecule has 0 bridgehead atoms. The first-order valence-corrected chi connectivity index (χ1v) is 20.0. The zero-order chi connectivity index (χ0) is 30.3. The SMILES string of the molecule is CCCCCCCCCCCCCCCCOS(=O)(=O)OS(=O)(=O)OCCCCCCCCCCCCCCCC.[HH].[HH].[Mg]. The Morgan fingerprint density at radius 1 is 0.357 bits per heavy atom. The Labute approximate surface area is 281 Å². The van der Waals surface area contributed by atoms with Crippen LogP contribution in [0, 0.1) is 0 Å². The third-order valence-electron chi connectivity index (χ3n) is 7.62. The maximum Gasteiger partial charge on any atom is 0.416 e. The van der Waals surface area contributed by atoms with Gasteiger partial charge in [0, 0.05) is 25.9 Å². The molecule has 0 atom stereocenters. The minimum Gasteiger partial charge on any atom is -0.247 e. The normalized spacial score (nSPS) is 12.0. The van der Waals surface area contributed by atoms with E-state index < -0.39 is 20.8 Å². The highest BCUT2D eigenvalue weighted by molar-refractivity contribution is 7.95. The van der Waals surface area contributed by atoms with Gasteiger partial charge in [0.1, 0.15) is 0 Å². The molecule has 0 aromatic carbocycles. The van der Waals surface area contributed by atoms with Gasteiger partial charge in [-0.15, -0.1) is 3.63 Å². The Balaban J connectivity index is -0.00000267. The second kappa shape index (κ2) is 32.9. The van der Waals surface area contributed by atoms with Gasteiger partial charge in [-0.1, -0.05) is 181 Å².